The van der Waals surface area contributed by atoms with Crippen LogP contribution in [0, 0.1) is 10.1 Å². The first-order chi connectivity index (χ1) is 10.5. The number of carboxylic acids is 1. The number of nitrogens with zero attached hydrogens (tertiary/aromatic N) is 3. The Balaban J connectivity index is 2.28. The first-order valence-electron chi connectivity index (χ1n) is 6.25. The predicted octanol–water partition coefficient (Wildman–Crippen LogP) is 1.95. The highest BCUT2D eigenvalue weighted by Crippen LogP contribution is 2.22. The second kappa shape index (κ2) is 6.53. The van der Waals surface area contributed by atoms with E-state index in [-0.39, 0.29) is 12.4 Å². The summed E-state index contributed by atoms with van der Waals surface area (Å²) in [6, 6.07) is 6.47. The van der Waals surface area contributed by atoms with E-state index in [1.54, 1.807) is 18.2 Å². The van der Waals surface area contributed by atoms with Gasteiger partial charge in [0.15, 0.2) is 0 Å². The van der Waals surface area contributed by atoms with Crippen molar-refractivity contribution in [2.75, 3.05) is 7.11 Å². The topological polar surface area (TPSA) is 107 Å². The summed E-state index contributed by atoms with van der Waals surface area (Å²) >= 11 is 0. The summed E-state index contributed by atoms with van der Waals surface area (Å²) in [6.45, 7) is 0.270. The van der Waals surface area contributed by atoms with Gasteiger partial charge < -0.3 is 20.0 Å². The van der Waals surface area contributed by atoms with Gasteiger partial charge in [-0.15, -0.1) is 0 Å². The summed E-state index contributed by atoms with van der Waals surface area (Å²) in [5.74, 6) is -0.688. The number of benzene rings is 1. The minimum atomic E-state index is -1.04. The van der Waals surface area contributed by atoms with E-state index >= 15 is 0 Å². The van der Waals surface area contributed by atoms with Gasteiger partial charge in [0.2, 0.25) is 0 Å². The fourth-order valence-corrected chi connectivity index (χ4v) is 1.90. The SMILES string of the molecule is COc1ccc(C=CC(=O)O)cc1Cn1ccc([N+](=O)[O-])n1. The highest BCUT2D eigenvalue weighted by molar-refractivity contribution is 5.85. The monoisotopic (exact) mass is 303 g/mol. The first-order valence-corrected chi connectivity index (χ1v) is 6.25. The molecule has 0 saturated heterocycles. The van der Waals surface area contributed by atoms with Crippen LogP contribution in [0.15, 0.2) is 36.5 Å². The van der Waals surface area contributed by atoms with Crippen molar-refractivity contribution in [3.63, 3.8) is 0 Å². The number of ether oxygens (including phenoxy) is 1. The standard InChI is InChI=1S/C14H13N3O5/c1-22-12-4-2-10(3-5-14(18)19)8-11(12)9-16-7-6-13(15-16)17(20)21/h2-8H,9H2,1H3,(H,18,19). The maximum absolute atomic E-state index is 10.6. The zero-order valence-corrected chi connectivity index (χ0v) is 11.7. The van der Waals surface area contributed by atoms with E-state index in [0.29, 0.717) is 11.3 Å². The van der Waals surface area contributed by atoms with Gasteiger partial charge in [0.05, 0.1) is 31.0 Å². The lowest BCUT2D eigenvalue weighted by atomic mass is 10.1. The van der Waals surface area contributed by atoms with Crippen LogP contribution >= 0.6 is 0 Å². The van der Waals surface area contributed by atoms with Gasteiger partial charge in [-0.05, 0) is 28.7 Å². The van der Waals surface area contributed by atoms with E-state index in [2.05, 4.69) is 5.10 Å². The molecular weight excluding hydrogens is 290 g/mol. The zero-order chi connectivity index (χ0) is 16.1. The molecule has 1 N–H and O–H groups in total. The van der Waals surface area contributed by atoms with Crippen molar-refractivity contribution >= 4 is 17.9 Å². The van der Waals surface area contributed by atoms with Crippen LogP contribution in [-0.4, -0.2) is 32.9 Å². The first kappa shape index (κ1) is 15.2. The highest BCUT2D eigenvalue weighted by atomic mass is 16.6. The van der Waals surface area contributed by atoms with Crippen LogP contribution in [0.25, 0.3) is 6.08 Å². The number of rotatable bonds is 6. The summed E-state index contributed by atoms with van der Waals surface area (Å²) in [5, 5.41) is 23.1. The van der Waals surface area contributed by atoms with E-state index in [0.717, 1.165) is 11.6 Å². The molecule has 0 bridgehead atoms. The van der Waals surface area contributed by atoms with Gasteiger partial charge in [0.25, 0.3) is 0 Å². The predicted molar refractivity (Wildman–Crippen MR) is 77.6 cm³/mol. The third-order valence-electron chi connectivity index (χ3n) is 2.87. The van der Waals surface area contributed by atoms with E-state index in [9.17, 15) is 14.9 Å². The van der Waals surface area contributed by atoms with Crippen molar-refractivity contribution in [3.05, 3.63) is 57.8 Å². The molecule has 0 unspecified atom stereocenters. The molecule has 1 aromatic carbocycles. The maximum atomic E-state index is 10.6. The fourth-order valence-electron chi connectivity index (χ4n) is 1.90. The van der Waals surface area contributed by atoms with Crippen molar-refractivity contribution in [2.45, 2.75) is 6.54 Å². The number of methoxy groups -OCH3 is 1. The van der Waals surface area contributed by atoms with Gasteiger partial charge in [0.1, 0.15) is 5.75 Å². The fraction of sp³-hybridized carbons (Fsp3) is 0.143. The van der Waals surface area contributed by atoms with Gasteiger partial charge in [0, 0.05) is 11.6 Å². The Morgan fingerprint density at radius 3 is 2.86 bits per heavy atom. The second-order valence-corrected chi connectivity index (χ2v) is 4.37. The number of hydrogen-bond acceptors (Lipinski definition) is 5. The van der Waals surface area contributed by atoms with Crippen LogP contribution in [0.5, 0.6) is 5.75 Å². The number of carbonyl (C=O) groups is 1. The van der Waals surface area contributed by atoms with Crippen molar-refractivity contribution in [2.24, 2.45) is 0 Å². The van der Waals surface area contributed by atoms with E-state index in [1.165, 1.54) is 30.1 Å². The van der Waals surface area contributed by atoms with Crippen molar-refractivity contribution in [1.29, 1.82) is 0 Å². The average Bonchev–Trinajstić information content (AvgIpc) is 2.94. The summed E-state index contributed by atoms with van der Waals surface area (Å²) < 4.78 is 6.65. The minimum Gasteiger partial charge on any atom is -0.496 e. The molecule has 1 aromatic heterocycles. The molecule has 8 heteroatoms. The van der Waals surface area contributed by atoms with Crippen LogP contribution in [0.4, 0.5) is 5.82 Å². The Morgan fingerprint density at radius 1 is 1.50 bits per heavy atom. The molecule has 0 radical (unpaired) electrons. The van der Waals surface area contributed by atoms with Crippen LogP contribution in [0.3, 0.4) is 0 Å². The summed E-state index contributed by atoms with van der Waals surface area (Å²) in [4.78, 5) is 20.6. The van der Waals surface area contributed by atoms with Gasteiger partial charge in [-0.25, -0.2) is 4.79 Å². The van der Waals surface area contributed by atoms with Crippen molar-refractivity contribution in [3.8, 4) is 5.75 Å². The molecule has 0 aliphatic heterocycles. The highest BCUT2D eigenvalue weighted by Gasteiger charge is 2.13. The van der Waals surface area contributed by atoms with E-state index in [1.807, 2.05) is 0 Å². The molecule has 8 nitrogen and oxygen atoms in total. The van der Waals surface area contributed by atoms with E-state index < -0.39 is 10.9 Å². The molecule has 2 rings (SSSR count). The summed E-state index contributed by atoms with van der Waals surface area (Å²) in [7, 11) is 1.51. The number of aromatic nitrogens is 2. The number of hydrogen-bond donors (Lipinski definition) is 1. The quantitative estimate of drug-likeness (QED) is 0.496. The second-order valence-electron chi connectivity index (χ2n) is 4.37. The van der Waals surface area contributed by atoms with E-state index in [4.69, 9.17) is 9.84 Å². The maximum Gasteiger partial charge on any atom is 0.389 e. The lowest BCUT2D eigenvalue weighted by Crippen LogP contribution is -2.03. The molecule has 1 heterocycles. The Labute approximate surface area is 125 Å². The molecular formula is C14H13N3O5. The normalized spacial score (nSPS) is 10.8. The molecule has 2 aromatic rings. The smallest absolute Gasteiger partial charge is 0.389 e. The van der Waals surface area contributed by atoms with Gasteiger partial charge in [-0.1, -0.05) is 6.07 Å². The van der Waals surface area contributed by atoms with Gasteiger partial charge >= 0.3 is 11.8 Å². The molecule has 0 spiro atoms. The summed E-state index contributed by atoms with van der Waals surface area (Å²) in [5.41, 5.74) is 1.41. The number of aliphatic carboxylic acids is 1. The van der Waals surface area contributed by atoms with Crippen molar-refractivity contribution in [1.82, 2.24) is 9.78 Å². The Morgan fingerprint density at radius 2 is 2.27 bits per heavy atom. The molecule has 0 fully saturated rings. The van der Waals surface area contributed by atoms with Crippen molar-refractivity contribution < 1.29 is 19.6 Å². The third-order valence-corrected chi connectivity index (χ3v) is 2.87. The minimum absolute atomic E-state index is 0.235. The summed E-state index contributed by atoms with van der Waals surface area (Å²) in [6.07, 6.45) is 3.98. The Bertz CT molecular complexity index is 736. The van der Waals surface area contributed by atoms with Gasteiger partial charge in [-0.2, -0.15) is 4.68 Å². The number of nitro groups is 1. The molecule has 0 saturated carbocycles. The Kier molecular flexibility index (Phi) is 4.52. The lowest BCUT2D eigenvalue weighted by molar-refractivity contribution is -0.389. The largest absolute Gasteiger partial charge is 0.496 e. The number of carboxylic acid groups (broad SMARTS) is 1. The lowest BCUT2D eigenvalue weighted by Gasteiger charge is -2.08. The molecule has 0 amide bonds. The van der Waals surface area contributed by atoms with Gasteiger partial charge in [-0.3, -0.25) is 0 Å². The molecule has 0 aliphatic rings. The zero-order valence-electron chi connectivity index (χ0n) is 11.7. The van der Waals surface area contributed by atoms with Crippen LogP contribution < -0.4 is 4.74 Å². The Hall–Kier alpha value is -3.16. The molecule has 0 atom stereocenters. The molecule has 114 valence electrons. The van der Waals surface area contributed by atoms with Crippen LogP contribution in [-0.2, 0) is 11.3 Å². The van der Waals surface area contributed by atoms with Crippen LogP contribution in [0.1, 0.15) is 11.1 Å². The molecule has 22 heavy (non-hydrogen) atoms. The molecule has 0 aliphatic carbocycles. The van der Waals surface area contributed by atoms with Crippen LogP contribution in [0.2, 0.25) is 0 Å². The average molecular weight is 303 g/mol. The third kappa shape index (κ3) is 3.69.